The quantitative estimate of drug-likeness (QED) is 0.243. The molecule has 204 valence electrons. The number of nitrogens with one attached hydrogen (secondary N) is 2. The van der Waals surface area contributed by atoms with E-state index in [0.29, 0.717) is 36.0 Å². The summed E-state index contributed by atoms with van der Waals surface area (Å²) in [5.41, 5.74) is 9.29. The largest absolute Gasteiger partial charge is 0.485 e. The molecule has 8 heteroatoms. The van der Waals surface area contributed by atoms with Gasteiger partial charge in [0.05, 0.1) is 0 Å². The number of anilines is 1. The summed E-state index contributed by atoms with van der Waals surface area (Å²) in [6, 6.07) is 30.4. The van der Waals surface area contributed by atoms with Crippen molar-refractivity contribution in [2.75, 3.05) is 5.32 Å². The van der Waals surface area contributed by atoms with Crippen LogP contribution >= 0.6 is 0 Å². The predicted molar refractivity (Wildman–Crippen MR) is 153 cm³/mol. The van der Waals surface area contributed by atoms with Gasteiger partial charge in [-0.3, -0.25) is 14.4 Å². The van der Waals surface area contributed by atoms with Crippen LogP contribution in [0, 0.1) is 0 Å². The topological polar surface area (TPSA) is 120 Å². The van der Waals surface area contributed by atoms with Crippen molar-refractivity contribution < 1.29 is 23.9 Å². The minimum Gasteiger partial charge on any atom is -0.485 e. The number of benzene rings is 4. The Hall–Kier alpha value is -5.11. The van der Waals surface area contributed by atoms with Crippen molar-refractivity contribution in [2.24, 2.45) is 5.73 Å². The highest BCUT2D eigenvalue weighted by Gasteiger charge is 2.21. The van der Waals surface area contributed by atoms with Crippen LogP contribution in [0.3, 0.4) is 0 Å². The van der Waals surface area contributed by atoms with E-state index >= 15 is 0 Å². The molecule has 0 saturated heterocycles. The minimum absolute atomic E-state index is 0.158. The van der Waals surface area contributed by atoms with Crippen LogP contribution in [0.4, 0.5) is 5.69 Å². The summed E-state index contributed by atoms with van der Waals surface area (Å²) in [7, 11) is 0. The van der Waals surface area contributed by atoms with E-state index in [9.17, 15) is 14.4 Å². The van der Waals surface area contributed by atoms with E-state index in [0.717, 1.165) is 16.7 Å². The molecule has 0 spiro atoms. The highest BCUT2D eigenvalue weighted by molar-refractivity contribution is 5.98. The van der Waals surface area contributed by atoms with Crippen molar-refractivity contribution in [1.82, 2.24) is 5.32 Å². The molecule has 4 N–H and O–H groups in total. The number of carbonyl (C=O) groups is 3. The molecule has 0 saturated carbocycles. The van der Waals surface area contributed by atoms with Crippen molar-refractivity contribution >= 4 is 23.4 Å². The third-order valence-corrected chi connectivity index (χ3v) is 6.04. The Morgan fingerprint density at radius 2 is 1.30 bits per heavy atom. The summed E-state index contributed by atoms with van der Waals surface area (Å²) in [6.07, 6.45) is 0.158. The first-order valence-electron chi connectivity index (χ1n) is 12.8. The summed E-state index contributed by atoms with van der Waals surface area (Å²) in [5, 5.41) is 5.35. The third kappa shape index (κ3) is 8.19. The van der Waals surface area contributed by atoms with Gasteiger partial charge in [-0.05, 0) is 53.1 Å². The molecule has 0 aliphatic rings. The Morgan fingerprint density at radius 3 is 1.85 bits per heavy atom. The normalized spacial score (nSPS) is 11.2. The first-order valence-corrected chi connectivity index (χ1v) is 12.8. The zero-order chi connectivity index (χ0) is 28.3. The molecule has 4 aromatic carbocycles. The van der Waals surface area contributed by atoms with E-state index < -0.39 is 17.9 Å². The second-order valence-electron chi connectivity index (χ2n) is 9.22. The Balaban J connectivity index is 1.49. The lowest BCUT2D eigenvalue weighted by molar-refractivity contribution is -0.119. The number of amides is 3. The van der Waals surface area contributed by atoms with E-state index in [1.807, 2.05) is 66.7 Å². The molecule has 0 radical (unpaired) electrons. The Bertz CT molecular complexity index is 1440. The number of hydrogen-bond donors (Lipinski definition) is 3. The van der Waals surface area contributed by atoms with Crippen molar-refractivity contribution in [3.8, 4) is 11.5 Å². The summed E-state index contributed by atoms with van der Waals surface area (Å²) in [4.78, 5) is 36.3. The lowest BCUT2D eigenvalue weighted by Crippen LogP contribution is -2.45. The van der Waals surface area contributed by atoms with Gasteiger partial charge in [0.15, 0.2) is 11.5 Å². The average molecular weight is 538 g/mol. The molecule has 0 unspecified atom stereocenters. The Morgan fingerprint density at radius 1 is 0.725 bits per heavy atom. The van der Waals surface area contributed by atoms with Gasteiger partial charge < -0.3 is 25.8 Å². The molecule has 0 heterocycles. The number of ether oxygens (including phenoxy) is 2. The van der Waals surface area contributed by atoms with Gasteiger partial charge in [0.25, 0.3) is 5.91 Å². The SMILES string of the molecule is CC(=O)Nc1ccc(C(=O)N[C@@H](Cc2ccc(OCc3ccccc3)c(OCc3ccccc3)c2)C(N)=O)cc1. The molecule has 8 nitrogen and oxygen atoms in total. The maximum Gasteiger partial charge on any atom is 0.251 e. The van der Waals surface area contributed by atoms with Crippen molar-refractivity contribution in [2.45, 2.75) is 32.6 Å². The zero-order valence-corrected chi connectivity index (χ0v) is 22.1. The minimum atomic E-state index is -0.958. The van der Waals surface area contributed by atoms with Crippen LogP contribution in [-0.2, 0) is 29.2 Å². The summed E-state index contributed by atoms with van der Waals surface area (Å²) >= 11 is 0. The number of rotatable bonds is 12. The van der Waals surface area contributed by atoms with Crippen LogP contribution in [0.25, 0.3) is 0 Å². The highest BCUT2D eigenvalue weighted by atomic mass is 16.5. The van der Waals surface area contributed by atoms with Crippen molar-refractivity contribution in [1.29, 1.82) is 0 Å². The lowest BCUT2D eigenvalue weighted by atomic mass is 10.0. The van der Waals surface area contributed by atoms with Crippen LogP contribution in [0.1, 0.15) is 34.0 Å². The van der Waals surface area contributed by atoms with Crippen LogP contribution in [0.2, 0.25) is 0 Å². The monoisotopic (exact) mass is 537 g/mol. The van der Waals surface area contributed by atoms with Crippen LogP contribution in [0.15, 0.2) is 103 Å². The van der Waals surface area contributed by atoms with Gasteiger partial charge in [-0.1, -0.05) is 66.7 Å². The fourth-order valence-corrected chi connectivity index (χ4v) is 3.99. The van der Waals surface area contributed by atoms with Crippen LogP contribution in [0.5, 0.6) is 11.5 Å². The Kier molecular flexibility index (Phi) is 9.50. The standard InChI is InChI=1S/C32H31N3O5/c1-22(36)34-27-15-13-26(14-16-27)32(38)35-28(31(33)37)18-25-12-17-29(39-20-23-8-4-2-5-9-23)30(19-25)40-21-24-10-6-3-7-11-24/h2-17,19,28H,18,20-21H2,1H3,(H2,33,37)(H,34,36)(H,35,38)/t28-/m0/s1. The number of primary amides is 1. The zero-order valence-electron chi connectivity index (χ0n) is 22.1. The fraction of sp³-hybridized carbons (Fsp3) is 0.156. The van der Waals surface area contributed by atoms with E-state index in [1.54, 1.807) is 36.4 Å². The highest BCUT2D eigenvalue weighted by Crippen LogP contribution is 2.30. The summed E-state index contributed by atoms with van der Waals surface area (Å²) in [5.74, 6) is -0.265. The summed E-state index contributed by atoms with van der Waals surface area (Å²) in [6.45, 7) is 2.09. The van der Waals surface area contributed by atoms with Gasteiger partial charge in [0.2, 0.25) is 11.8 Å². The van der Waals surface area contributed by atoms with E-state index in [2.05, 4.69) is 10.6 Å². The molecule has 3 amide bonds. The van der Waals surface area contributed by atoms with E-state index in [4.69, 9.17) is 15.2 Å². The number of nitrogens with two attached hydrogens (primary N) is 1. The van der Waals surface area contributed by atoms with Crippen molar-refractivity contribution in [3.05, 3.63) is 125 Å². The molecule has 1 atom stereocenters. The van der Waals surface area contributed by atoms with Gasteiger partial charge in [-0.15, -0.1) is 0 Å². The second-order valence-corrected chi connectivity index (χ2v) is 9.22. The fourth-order valence-electron chi connectivity index (χ4n) is 3.99. The predicted octanol–water partition coefficient (Wildman–Crippen LogP) is 4.63. The smallest absolute Gasteiger partial charge is 0.251 e. The van der Waals surface area contributed by atoms with Gasteiger partial charge >= 0.3 is 0 Å². The van der Waals surface area contributed by atoms with Crippen LogP contribution in [-0.4, -0.2) is 23.8 Å². The molecule has 40 heavy (non-hydrogen) atoms. The molecule has 4 rings (SSSR count). The number of carbonyl (C=O) groups excluding carboxylic acids is 3. The Labute approximate surface area is 233 Å². The van der Waals surface area contributed by atoms with Crippen molar-refractivity contribution in [3.63, 3.8) is 0 Å². The molecule has 0 aliphatic carbocycles. The molecule has 4 aromatic rings. The third-order valence-electron chi connectivity index (χ3n) is 6.04. The van der Waals surface area contributed by atoms with E-state index in [1.165, 1.54) is 6.92 Å². The molecular formula is C32H31N3O5. The lowest BCUT2D eigenvalue weighted by Gasteiger charge is -2.18. The first kappa shape index (κ1) is 27.9. The first-order chi connectivity index (χ1) is 19.4. The molecular weight excluding hydrogens is 506 g/mol. The second kappa shape index (κ2) is 13.6. The van der Waals surface area contributed by atoms with Gasteiger partial charge in [0, 0.05) is 24.6 Å². The molecule has 0 aromatic heterocycles. The van der Waals surface area contributed by atoms with Gasteiger partial charge in [-0.2, -0.15) is 0 Å². The number of hydrogen-bond acceptors (Lipinski definition) is 5. The maximum atomic E-state index is 12.8. The molecule has 0 fully saturated rings. The van der Waals surface area contributed by atoms with Gasteiger partial charge in [-0.25, -0.2) is 0 Å². The van der Waals surface area contributed by atoms with Gasteiger partial charge in [0.1, 0.15) is 19.3 Å². The molecule has 0 aliphatic heterocycles. The molecule has 0 bridgehead atoms. The van der Waals surface area contributed by atoms with Crippen LogP contribution < -0.4 is 25.8 Å². The summed E-state index contributed by atoms with van der Waals surface area (Å²) < 4.78 is 12.2. The average Bonchev–Trinajstić information content (AvgIpc) is 2.96. The maximum absolute atomic E-state index is 12.8. The van der Waals surface area contributed by atoms with E-state index in [-0.39, 0.29) is 12.3 Å².